The summed E-state index contributed by atoms with van der Waals surface area (Å²) < 4.78 is 37.6. The molecule has 3 rings (SSSR count). The number of rotatable bonds is 6. The molecule has 130 valence electrons. The number of aromatic nitrogens is 2. The zero-order valence-corrected chi connectivity index (χ0v) is 13.5. The molecule has 25 heavy (non-hydrogen) atoms. The fourth-order valence-corrected chi connectivity index (χ4v) is 2.58. The first kappa shape index (κ1) is 17.0. The maximum atomic E-state index is 13.3. The zero-order chi connectivity index (χ0) is 17.8. The van der Waals surface area contributed by atoms with Gasteiger partial charge < -0.3 is 9.47 Å². The molecule has 0 bridgehead atoms. The topological polar surface area (TPSA) is 53.4 Å². The summed E-state index contributed by atoms with van der Waals surface area (Å²) in [6.07, 6.45) is 0. The van der Waals surface area contributed by atoms with Crippen LogP contribution >= 0.6 is 0 Å². The highest BCUT2D eigenvalue weighted by atomic mass is 19.3. The van der Waals surface area contributed by atoms with E-state index in [1.165, 1.54) is 0 Å². The van der Waals surface area contributed by atoms with Gasteiger partial charge in [-0.2, -0.15) is 8.78 Å². The number of nitrogens with zero attached hydrogens (tertiary/aromatic N) is 2. The number of imidazole rings is 1. The molecule has 0 saturated heterocycles. The summed E-state index contributed by atoms with van der Waals surface area (Å²) in [7, 11) is 1.56. The summed E-state index contributed by atoms with van der Waals surface area (Å²) in [6, 6.07) is 13.3. The third-order valence-electron chi connectivity index (χ3n) is 3.67. The maximum absolute atomic E-state index is 13.3. The van der Waals surface area contributed by atoms with Gasteiger partial charge in [-0.05, 0) is 29.8 Å². The number of benzene rings is 2. The molecule has 0 aliphatic carbocycles. The second kappa shape index (κ2) is 7.40. The molecule has 0 aliphatic rings. The van der Waals surface area contributed by atoms with Gasteiger partial charge in [0.1, 0.15) is 6.61 Å². The quantitative estimate of drug-likeness (QED) is 0.635. The first-order chi connectivity index (χ1) is 12.1. The minimum absolute atomic E-state index is 0.00223. The van der Waals surface area contributed by atoms with Gasteiger partial charge in [0.25, 0.3) is 0 Å². The van der Waals surface area contributed by atoms with Crippen LogP contribution in [-0.2, 0) is 22.7 Å². The fourth-order valence-electron chi connectivity index (χ4n) is 2.58. The number of carbonyl (C=O) groups excluding carboxylic acids is 1. The normalized spacial score (nSPS) is 11.2. The van der Waals surface area contributed by atoms with Crippen molar-refractivity contribution in [2.45, 2.75) is 19.8 Å². The van der Waals surface area contributed by atoms with Crippen LogP contribution in [0.15, 0.2) is 48.5 Å². The van der Waals surface area contributed by atoms with Crippen LogP contribution in [0, 0.1) is 0 Å². The Hall–Kier alpha value is -2.80. The largest absolute Gasteiger partial charge is 0.454 e. The highest BCUT2D eigenvalue weighted by Crippen LogP contribution is 2.23. The first-order valence-electron chi connectivity index (χ1n) is 7.59. The lowest BCUT2D eigenvalue weighted by molar-refractivity contribution is 0.0387. The number of para-hydroxylation sites is 2. The predicted octanol–water partition coefficient (Wildman–Crippen LogP) is 3.93. The average molecular weight is 346 g/mol. The molecule has 0 radical (unpaired) electrons. The SMILES string of the molecule is COCc1cccc(C(=O)OCc2nc3ccccc3n2C(F)F)c1. The predicted molar refractivity (Wildman–Crippen MR) is 87.3 cm³/mol. The van der Waals surface area contributed by atoms with Crippen LogP contribution in [-0.4, -0.2) is 22.6 Å². The van der Waals surface area contributed by atoms with Crippen LogP contribution in [0.1, 0.15) is 28.3 Å². The molecule has 2 aromatic carbocycles. The number of alkyl halides is 2. The van der Waals surface area contributed by atoms with Crippen molar-refractivity contribution in [3.05, 3.63) is 65.5 Å². The molecule has 5 nitrogen and oxygen atoms in total. The molecule has 0 saturated carbocycles. The lowest BCUT2D eigenvalue weighted by Gasteiger charge is -2.09. The van der Waals surface area contributed by atoms with Crippen molar-refractivity contribution in [1.82, 2.24) is 9.55 Å². The van der Waals surface area contributed by atoms with Gasteiger partial charge in [0, 0.05) is 7.11 Å². The molecular formula is C18H16F2N2O3. The Kier molecular flexibility index (Phi) is 5.04. The van der Waals surface area contributed by atoms with Crippen molar-refractivity contribution in [3.8, 4) is 0 Å². The van der Waals surface area contributed by atoms with Gasteiger partial charge in [0.15, 0.2) is 5.82 Å². The fraction of sp³-hybridized carbons (Fsp3) is 0.222. The van der Waals surface area contributed by atoms with Crippen LogP contribution in [0.3, 0.4) is 0 Å². The van der Waals surface area contributed by atoms with Crippen LogP contribution in [0.2, 0.25) is 0 Å². The van der Waals surface area contributed by atoms with Gasteiger partial charge in [-0.1, -0.05) is 24.3 Å². The van der Waals surface area contributed by atoms with Crippen LogP contribution in [0.25, 0.3) is 11.0 Å². The molecule has 3 aromatic rings. The number of carbonyl (C=O) groups is 1. The second-order valence-electron chi connectivity index (χ2n) is 5.37. The molecule has 0 amide bonds. The van der Waals surface area contributed by atoms with E-state index in [0.29, 0.717) is 23.2 Å². The number of hydrogen-bond acceptors (Lipinski definition) is 4. The van der Waals surface area contributed by atoms with E-state index < -0.39 is 12.5 Å². The minimum Gasteiger partial charge on any atom is -0.454 e. The van der Waals surface area contributed by atoms with Crippen molar-refractivity contribution >= 4 is 17.0 Å². The third-order valence-corrected chi connectivity index (χ3v) is 3.67. The molecule has 0 spiro atoms. The van der Waals surface area contributed by atoms with Crippen molar-refractivity contribution in [2.75, 3.05) is 7.11 Å². The lowest BCUT2D eigenvalue weighted by atomic mass is 10.1. The molecule has 0 N–H and O–H groups in total. The third kappa shape index (κ3) is 3.66. The molecule has 0 unspecified atom stereocenters. The Morgan fingerprint density at radius 2 is 1.96 bits per heavy atom. The summed E-state index contributed by atoms with van der Waals surface area (Å²) in [5.74, 6) is -0.608. The molecule has 0 atom stereocenters. The molecule has 0 fully saturated rings. The lowest BCUT2D eigenvalue weighted by Crippen LogP contribution is -2.11. The standard InChI is InChI=1S/C18H16F2N2O3/c1-24-10-12-5-4-6-13(9-12)17(23)25-11-16-21-14-7-2-3-8-15(14)22(16)18(19)20/h2-9,18H,10-11H2,1H3. The van der Waals surface area contributed by atoms with Crippen molar-refractivity contribution in [1.29, 1.82) is 0 Å². The number of fused-ring (bicyclic) bond motifs is 1. The number of ether oxygens (including phenoxy) is 2. The minimum atomic E-state index is -2.77. The van der Waals surface area contributed by atoms with Crippen LogP contribution < -0.4 is 0 Å². The summed E-state index contributed by atoms with van der Waals surface area (Å²) in [5.41, 5.74) is 1.87. The van der Waals surface area contributed by atoms with Crippen molar-refractivity contribution in [2.24, 2.45) is 0 Å². The number of halogens is 2. The Balaban J connectivity index is 1.79. The van der Waals surface area contributed by atoms with E-state index >= 15 is 0 Å². The van der Waals surface area contributed by atoms with E-state index in [9.17, 15) is 13.6 Å². The van der Waals surface area contributed by atoms with E-state index in [4.69, 9.17) is 9.47 Å². The van der Waals surface area contributed by atoms with Crippen LogP contribution in [0.5, 0.6) is 0 Å². The molecule has 1 heterocycles. The Morgan fingerprint density at radius 1 is 1.16 bits per heavy atom. The Bertz CT molecular complexity index is 893. The molecular weight excluding hydrogens is 330 g/mol. The summed E-state index contributed by atoms with van der Waals surface area (Å²) in [5, 5.41) is 0. The van der Waals surface area contributed by atoms with Crippen LogP contribution in [0.4, 0.5) is 8.78 Å². The average Bonchev–Trinajstić information content (AvgIpc) is 2.98. The highest BCUT2D eigenvalue weighted by Gasteiger charge is 2.19. The van der Waals surface area contributed by atoms with Gasteiger partial charge in [-0.3, -0.25) is 4.57 Å². The van der Waals surface area contributed by atoms with E-state index in [0.717, 1.165) is 10.1 Å². The Morgan fingerprint density at radius 3 is 2.72 bits per heavy atom. The monoisotopic (exact) mass is 346 g/mol. The number of methoxy groups -OCH3 is 1. The highest BCUT2D eigenvalue weighted by molar-refractivity contribution is 5.89. The van der Waals surface area contributed by atoms with Crippen molar-refractivity contribution < 1.29 is 23.0 Å². The van der Waals surface area contributed by atoms with E-state index in [1.54, 1.807) is 49.6 Å². The van der Waals surface area contributed by atoms with Gasteiger partial charge in [-0.25, -0.2) is 9.78 Å². The van der Waals surface area contributed by atoms with Gasteiger partial charge in [0.2, 0.25) is 0 Å². The van der Waals surface area contributed by atoms with Gasteiger partial charge in [0.05, 0.1) is 23.2 Å². The van der Waals surface area contributed by atoms with E-state index in [2.05, 4.69) is 4.98 Å². The van der Waals surface area contributed by atoms with Crippen molar-refractivity contribution in [3.63, 3.8) is 0 Å². The summed E-state index contributed by atoms with van der Waals surface area (Å²) in [6.45, 7) is -2.75. The van der Waals surface area contributed by atoms with E-state index in [1.807, 2.05) is 6.07 Å². The smallest absolute Gasteiger partial charge is 0.338 e. The molecule has 1 aromatic heterocycles. The summed E-state index contributed by atoms with van der Waals surface area (Å²) in [4.78, 5) is 16.3. The summed E-state index contributed by atoms with van der Waals surface area (Å²) >= 11 is 0. The van der Waals surface area contributed by atoms with Gasteiger partial charge in [-0.15, -0.1) is 0 Å². The van der Waals surface area contributed by atoms with Gasteiger partial charge >= 0.3 is 12.5 Å². The molecule has 7 heteroatoms. The number of esters is 1. The Labute approximate surface area is 142 Å². The molecule has 0 aliphatic heterocycles. The first-order valence-corrected chi connectivity index (χ1v) is 7.59. The zero-order valence-electron chi connectivity index (χ0n) is 13.5. The number of hydrogen-bond donors (Lipinski definition) is 0. The maximum Gasteiger partial charge on any atom is 0.338 e. The second-order valence-corrected chi connectivity index (χ2v) is 5.37. The van der Waals surface area contributed by atoms with E-state index in [-0.39, 0.29) is 12.4 Å².